The van der Waals surface area contributed by atoms with Gasteiger partial charge >= 0.3 is 0 Å². The molecule has 5 heterocycles. The normalized spacial score (nSPS) is 11.6. The molecule has 0 amide bonds. The van der Waals surface area contributed by atoms with Gasteiger partial charge in [0.1, 0.15) is 16.9 Å². The van der Waals surface area contributed by atoms with Crippen molar-refractivity contribution in [1.29, 1.82) is 0 Å². The van der Waals surface area contributed by atoms with E-state index >= 15 is 0 Å². The third-order valence-electron chi connectivity index (χ3n) is 10.4. The highest BCUT2D eigenvalue weighted by atomic mass is 16.3. The van der Waals surface area contributed by atoms with E-state index in [2.05, 4.69) is 136 Å². The van der Waals surface area contributed by atoms with Crippen LogP contribution >= 0.6 is 0 Å². The molecule has 0 N–H and O–H groups in total. The van der Waals surface area contributed by atoms with E-state index in [1.54, 1.807) is 18.6 Å². The summed E-state index contributed by atoms with van der Waals surface area (Å²) in [6, 6.07) is 56.4. The largest absolute Gasteiger partial charge is 0.456 e. The molecule has 0 bridgehead atoms. The molecule has 262 valence electrons. The molecule has 6 aromatic carbocycles. The standard InChI is InChI=1S/C49H30N6O/c1-3-14-31(15-4-1)38-28-34(48-52-47(33-18-13-26-50-30-33)53-49(54-48)40-21-11-12-27-51-40)29-39(32-16-5-2-6-17-32)45(38)55-41-22-9-7-19-35(41)36-24-25-43-44(46(36)55)37-20-8-10-23-42(37)56-43/h1-30H. The SMILES string of the molecule is c1ccc(-c2cc(-c3nc(-c4cccnc4)nc(-c4ccccn4)n3)cc(-c3ccccc3)c2-n2c3ccccc3c3ccc4oc5ccccc5c4c32)cc1. The van der Waals surface area contributed by atoms with Gasteiger partial charge in [-0.25, -0.2) is 15.0 Å². The number of nitrogens with zero attached hydrogens (tertiary/aromatic N) is 6. The van der Waals surface area contributed by atoms with Crippen molar-refractivity contribution in [3.63, 3.8) is 0 Å². The smallest absolute Gasteiger partial charge is 0.182 e. The average Bonchev–Trinajstić information content (AvgIpc) is 3.83. The molecule has 0 fully saturated rings. The number of hydrogen-bond donors (Lipinski definition) is 0. The lowest BCUT2D eigenvalue weighted by Gasteiger charge is -2.21. The highest BCUT2D eigenvalue weighted by Crippen LogP contribution is 2.46. The zero-order valence-electron chi connectivity index (χ0n) is 29.9. The van der Waals surface area contributed by atoms with Crippen molar-refractivity contribution in [1.82, 2.24) is 29.5 Å². The van der Waals surface area contributed by atoms with Crippen LogP contribution in [-0.4, -0.2) is 29.5 Å². The summed E-state index contributed by atoms with van der Waals surface area (Å²) >= 11 is 0. The fourth-order valence-corrected chi connectivity index (χ4v) is 7.92. The monoisotopic (exact) mass is 718 g/mol. The van der Waals surface area contributed by atoms with E-state index in [9.17, 15) is 0 Å². The van der Waals surface area contributed by atoms with Crippen molar-refractivity contribution < 1.29 is 4.42 Å². The molecular weight excluding hydrogens is 689 g/mol. The molecule has 11 rings (SSSR count). The van der Waals surface area contributed by atoms with Crippen molar-refractivity contribution in [2.75, 3.05) is 0 Å². The number of rotatable bonds is 6. The average molecular weight is 719 g/mol. The molecule has 0 radical (unpaired) electrons. The Labute approximate surface area is 321 Å². The van der Waals surface area contributed by atoms with Gasteiger partial charge in [0, 0.05) is 57.0 Å². The van der Waals surface area contributed by atoms with Gasteiger partial charge < -0.3 is 8.98 Å². The quantitative estimate of drug-likeness (QED) is 0.170. The maximum absolute atomic E-state index is 6.50. The topological polar surface area (TPSA) is 82.5 Å². The van der Waals surface area contributed by atoms with E-state index in [0.717, 1.165) is 82.8 Å². The lowest BCUT2D eigenvalue weighted by molar-refractivity contribution is 0.669. The fraction of sp³-hybridized carbons (Fsp3) is 0. The third-order valence-corrected chi connectivity index (χ3v) is 10.4. The molecule has 5 aromatic heterocycles. The Morgan fingerprint density at radius 3 is 1.80 bits per heavy atom. The first-order valence-electron chi connectivity index (χ1n) is 18.5. The van der Waals surface area contributed by atoms with Crippen molar-refractivity contribution in [2.24, 2.45) is 0 Å². The highest BCUT2D eigenvalue weighted by Gasteiger charge is 2.25. The number of hydrogen-bond acceptors (Lipinski definition) is 6. The van der Waals surface area contributed by atoms with Crippen LogP contribution in [0, 0.1) is 0 Å². The minimum absolute atomic E-state index is 0.484. The van der Waals surface area contributed by atoms with E-state index in [0.29, 0.717) is 23.2 Å². The molecule has 0 aliphatic rings. The second kappa shape index (κ2) is 13.0. The first-order chi connectivity index (χ1) is 27.8. The predicted octanol–water partition coefficient (Wildman–Crippen LogP) is 12.0. The summed E-state index contributed by atoms with van der Waals surface area (Å²) in [5.74, 6) is 1.54. The van der Waals surface area contributed by atoms with Gasteiger partial charge in [0.05, 0.1) is 22.1 Å². The number of fused-ring (bicyclic) bond motifs is 7. The van der Waals surface area contributed by atoms with Gasteiger partial charge in [-0.05, 0) is 71.8 Å². The summed E-state index contributed by atoms with van der Waals surface area (Å²) in [4.78, 5) is 24.1. The molecule has 56 heavy (non-hydrogen) atoms. The highest BCUT2D eigenvalue weighted by molar-refractivity contribution is 6.25. The number of benzene rings is 6. The molecule has 0 unspecified atom stereocenters. The van der Waals surface area contributed by atoms with Gasteiger partial charge in [-0.1, -0.05) is 103 Å². The minimum atomic E-state index is 0.484. The van der Waals surface area contributed by atoms with Crippen LogP contribution in [-0.2, 0) is 0 Å². The summed E-state index contributed by atoms with van der Waals surface area (Å²) < 4.78 is 8.95. The van der Waals surface area contributed by atoms with Gasteiger partial charge in [0.2, 0.25) is 0 Å². The van der Waals surface area contributed by atoms with Gasteiger partial charge in [-0.3, -0.25) is 9.97 Å². The van der Waals surface area contributed by atoms with Crippen molar-refractivity contribution in [3.05, 3.63) is 182 Å². The molecule has 7 heteroatoms. The molecular formula is C49H30N6O. The van der Waals surface area contributed by atoms with Crippen LogP contribution in [0.1, 0.15) is 0 Å². The number of pyridine rings is 2. The van der Waals surface area contributed by atoms with E-state index in [-0.39, 0.29) is 0 Å². The molecule has 0 spiro atoms. The Kier molecular flexibility index (Phi) is 7.35. The maximum Gasteiger partial charge on any atom is 0.182 e. The summed E-state index contributed by atoms with van der Waals surface area (Å²) in [6.07, 6.45) is 5.28. The van der Waals surface area contributed by atoms with Crippen LogP contribution in [0.3, 0.4) is 0 Å². The van der Waals surface area contributed by atoms with Crippen LogP contribution < -0.4 is 0 Å². The molecule has 11 aromatic rings. The lowest BCUT2D eigenvalue weighted by atomic mass is 9.92. The van der Waals surface area contributed by atoms with Crippen molar-refractivity contribution in [2.45, 2.75) is 0 Å². The van der Waals surface area contributed by atoms with Crippen LogP contribution in [0.4, 0.5) is 0 Å². The van der Waals surface area contributed by atoms with Gasteiger partial charge in [-0.15, -0.1) is 0 Å². The second-order valence-electron chi connectivity index (χ2n) is 13.7. The first-order valence-corrected chi connectivity index (χ1v) is 18.5. The van der Waals surface area contributed by atoms with Crippen LogP contribution in [0.2, 0.25) is 0 Å². The Balaban J connectivity index is 1.30. The predicted molar refractivity (Wildman–Crippen MR) is 224 cm³/mol. The Morgan fingerprint density at radius 1 is 0.446 bits per heavy atom. The van der Waals surface area contributed by atoms with Gasteiger partial charge in [0.15, 0.2) is 17.5 Å². The molecule has 0 aliphatic carbocycles. The van der Waals surface area contributed by atoms with Gasteiger partial charge in [0.25, 0.3) is 0 Å². The van der Waals surface area contributed by atoms with Gasteiger partial charge in [-0.2, -0.15) is 0 Å². The summed E-state index contributed by atoms with van der Waals surface area (Å²) in [6.45, 7) is 0. The van der Waals surface area contributed by atoms with E-state index < -0.39 is 0 Å². The first kappa shape index (κ1) is 31.7. The fourth-order valence-electron chi connectivity index (χ4n) is 7.92. The Hall–Kier alpha value is -7.77. The number of aromatic nitrogens is 6. The van der Waals surface area contributed by atoms with Crippen molar-refractivity contribution >= 4 is 43.7 Å². The third kappa shape index (κ3) is 5.17. The number of furan rings is 1. The Morgan fingerprint density at radius 2 is 1.09 bits per heavy atom. The molecule has 0 aliphatic heterocycles. The maximum atomic E-state index is 6.50. The Bertz CT molecular complexity index is 3110. The zero-order chi connectivity index (χ0) is 37.0. The molecule has 7 nitrogen and oxygen atoms in total. The van der Waals surface area contributed by atoms with E-state index in [4.69, 9.17) is 19.4 Å². The second-order valence-corrected chi connectivity index (χ2v) is 13.7. The summed E-state index contributed by atoms with van der Waals surface area (Å²) in [5.41, 5.74) is 11.4. The summed E-state index contributed by atoms with van der Waals surface area (Å²) in [5, 5.41) is 4.47. The van der Waals surface area contributed by atoms with E-state index in [1.807, 2.05) is 42.5 Å². The molecule has 0 saturated carbocycles. The summed E-state index contributed by atoms with van der Waals surface area (Å²) in [7, 11) is 0. The van der Waals surface area contributed by atoms with Crippen LogP contribution in [0.15, 0.2) is 187 Å². The van der Waals surface area contributed by atoms with Crippen molar-refractivity contribution in [3.8, 4) is 62.2 Å². The van der Waals surface area contributed by atoms with E-state index in [1.165, 1.54) is 0 Å². The molecule has 0 saturated heterocycles. The molecule has 0 atom stereocenters. The lowest BCUT2D eigenvalue weighted by Crippen LogP contribution is -2.04. The van der Waals surface area contributed by atoms with Crippen LogP contribution in [0.5, 0.6) is 0 Å². The minimum Gasteiger partial charge on any atom is -0.456 e. The van der Waals surface area contributed by atoms with Crippen LogP contribution in [0.25, 0.3) is 106 Å². The zero-order valence-corrected chi connectivity index (χ0v) is 29.9. The number of para-hydroxylation sites is 2.